The second kappa shape index (κ2) is 38.2. The number of rotatable bonds is 35. The Balaban J connectivity index is 4.47. The zero-order chi connectivity index (χ0) is 35.9. The molecule has 0 aliphatic heterocycles. The molecule has 0 heterocycles. The van der Waals surface area contributed by atoms with Crippen molar-refractivity contribution >= 4 is 17.9 Å². The average Bonchev–Trinajstić information content (AvgIpc) is 3.10. The fraction of sp³-hybridized carbons (Fsp3) is 0.744. The Bertz CT molecular complexity index is 887. The third-order valence-corrected chi connectivity index (χ3v) is 8.36. The van der Waals surface area contributed by atoms with E-state index in [0.717, 1.165) is 64.2 Å². The molecule has 0 aromatic carbocycles. The number of carbonyl (C=O) groups excluding carboxylic acids is 3. The number of esters is 3. The molecule has 1 unspecified atom stereocenters. The van der Waals surface area contributed by atoms with Crippen molar-refractivity contribution in [2.45, 2.75) is 194 Å². The van der Waals surface area contributed by atoms with Crippen LogP contribution in [0.25, 0.3) is 0 Å². The Morgan fingerprint density at radius 2 is 0.796 bits per heavy atom. The molecule has 0 fully saturated rings. The van der Waals surface area contributed by atoms with E-state index in [2.05, 4.69) is 57.2 Å². The van der Waals surface area contributed by atoms with Crippen LogP contribution < -0.4 is 0 Å². The molecule has 0 spiro atoms. The van der Waals surface area contributed by atoms with E-state index in [1.54, 1.807) is 0 Å². The van der Waals surface area contributed by atoms with Crippen LogP contribution in [0.3, 0.4) is 0 Å². The smallest absolute Gasteiger partial charge is 0.306 e. The van der Waals surface area contributed by atoms with Crippen molar-refractivity contribution in [3.63, 3.8) is 0 Å². The molecule has 0 N–H and O–H groups in total. The second-order valence-electron chi connectivity index (χ2n) is 13.2. The van der Waals surface area contributed by atoms with Gasteiger partial charge in [-0.15, -0.1) is 0 Å². The molecule has 0 saturated carbocycles. The van der Waals surface area contributed by atoms with Gasteiger partial charge in [0.25, 0.3) is 0 Å². The highest BCUT2D eigenvalue weighted by atomic mass is 16.6. The number of allylic oxidation sites excluding steroid dienone is 8. The lowest BCUT2D eigenvalue weighted by molar-refractivity contribution is -0.166. The largest absolute Gasteiger partial charge is 0.462 e. The van der Waals surface area contributed by atoms with Crippen LogP contribution in [0.2, 0.25) is 0 Å². The summed E-state index contributed by atoms with van der Waals surface area (Å²) in [6.45, 7) is 6.38. The molecule has 6 heteroatoms. The summed E-state index contributed by atoms with van der Waals surface area (Å²) < 4.78 is 16.5. The van der Waals surface area contributed by atoms with Crippen LogP contribution in [0.1, 0.15) is 188 Å². The van der Waals surface area contributed by atoms with E-state index in [1.165, 1.54) is 77.0 Å². The SMILES string of the molecule is CC/C=C\C/C=C\C/C=C\C/C=C\CCC(=O)OCC(COC(=O)CCCCCCCCCC)OC(=O)CCCCCCCCCCCC. The molecule has 0 rings (SSSR count). The van der Waals surface area contributed by atoms with E-state index in [1.807, 2.05) is 12.2 Å². The number of hydrogen-bond acceptors (Lipinski definition) is 6. The third kappa shape index (κ3) is 36.5. The van der Waals surface area contributed by atoms with E-state index in [9.17, 15) is 14.4 Å². The van der Waals surface area contributed by atoms with E-state index < -0.39 is 6.10 Å². The molecule has 0 bridgehead atoms. The minimum Gasteiger partial charge on any atom is -0.462 e. The van der Waals surface area contributed by atoms with Gasteiger partial charge in [-0.3, -0.25) is 14.4 Å². The lowest BCUT2D eigenvalue weighted by Gasteiger charge is -2.18. The summed E-state index contributed by atoms with van der Waals surface area (Å²) in [5.74, 6) is -0.990. The van der Waals surface area contributed by atoms with Crippen LogP contribution in [-0.4, -0.2) is 37.2 Å². The first-order valence-electron chi connectivity index (χ1n) is 20.1. The Labute approximate surface area is 301 Å². The molecule has 49 heavy (non-hydrogen) atoms. The van der Waals surface area contributed by atoms with Crippen LogP contribution >= 0.6 is 0 Å². The first-order chi connectivity index (χ1) is 24.0. The van der Waals surface area contributed by atoms with Gasteiger partial charge in [0, 0.05) is 19.3 Å². The van der Waals surface area contributed by atoms with Crippen molar-refractivity contribution in [2.75, 3.05) is 13.2 Å². The van der Waals surface area contributed by atoms with E-state index in [4.69, 9.17) is 14.2 Å². The Morgan fingerprint density at radius 1 is 0.429 bits per heavy atom. The number of hydrogen-bond donors (Lipinski definition) is 0. The molecule has 0 amide bonds. The number of carbonyl (C=O) groups is 3. The maximum absolute atomic E-state index is 12.6. The molecule has 0 aliphatic carbocycles. The molecular weight excluding hydrogens is 612 g/mol. The topological polar surface area (TPSA) is 78.9 Å². The summed E-state index contributed by atoms with van der Waals surface area (Å²) in [6, 6.07) is 0. The maximum atomic E-state index is 12.6. The van der Waals surface area contributed by atoms with Crippen molar-refractivity contribution in [1.29, 1.82) is 0 Å². The zero-order valence-electron chi connectivity index (χ0n) is 31.9. The number of ether oxygens (including phenoxy) is 3. The highest BCUT2D eigenvalue weighted by Crippen LogP contribution is 2.13. The van der Waals surface area contributed by atoms with Gasteiger partial charge in [0.05, 0.1) is 0 Å². The van der Waals surface area contributed by atoms with E-state index in [-0.39, 0.29) is 37.5 Å². The highest BCUT2D eigenvalue weighted by Gasteiger charge is 2.19. The molecular formula is C43H74O6. The molecule has 0 aromatic rings. The van der Waals surface area contributed by atoms with E-state index in [0.29, 0.717) is 19.3 Å². The zero-order valence-corrected chi connectivity index (χ0v) is 31.9. The summed E-state index contributed by atoms with van der Waals surface area (Å²) in [7, 11) is 0. The van der Waals surface area contributed by atoms with Crippen LogP contribution in [0.4, 0.5) is 0 Å². The van der Waals surface area contributed by atoms with Crippen LogP contribution in [0, 0.1) is 0 Å². The van der Waals surface area contributed by atoms with Crippen molar-refractivity contribution in [2.24, 2.45) is 0 Å². The highest BCUT2D eigenvalue weighted by molar-refractivity contribution is 5.71. The van der Waals surface area contributed by atoms with Gasteiger partial charge in [-0.25, -0.2) is 0 Å². The van der Waals surface area contributed by atoms with Crippen molar-refractivity contribution in [3.05, 3.63) is 48.6 Å². The van der Waals surface area contributed by atoms with Crippen LogP contribution in [-0.2, 0) is 28.6 Å². The van der Waals surface area contributed by atoms with Crippen LogP contribution in [0.15, 0.2) is 48.6 Å². The third-order valence-electron chi connectivity index (χ3n) is 8.36. The predicted molar refractivity (Wildman–Crippen MR) is 205 cm³/mol. The lowest BCUT2D eigenvalue weighted by atomic mass is 10.1. The van der Waals surface area contributed by atoms with Crippen molar-refractivity contribution in [1.82, 2.24) is 0 Å². The quantitative estimate of drug-likeness (QED) is 0.0286. The van der Waals surface area contributed by atoms with Crippen molar-refractivity contribution < 1.29 is 28.6 Å². The standard InChI is InChI=1S/C43H74O6/c1-4-7-10-13-16-19-21-22-23-25-27-30-33-36-42(45)48-39-40(38-47-41(44)35-32-29-26-18-15-12-9-6-3)49-43(46)37-34-31-28-24-20-17-14-11-8-5-2/h7,10,16,19,22-23,27,30,40H,4-6,8-9,11-15,17-18,20-21,24-26,28-29,31-39H2,1-3H3/b10-7-,19-16-,23-22-,30-27-. The predicted octanol–water partition coefficient (Wildman–Crippen LogP) is 12.4. The molecule has 1 atom stereocenters. The van der Waals surface area contributed by atoms with Gasteiger partial charge in [-0.1, -0.05) is 172 Å². The molecule has 0 saturated heterocycles. The molecule has 0 aliphatic rings. The van der Waals surface area contributed by atoms with Gasteiger partial charge in [0.2, 0.25) is 0 Å². The first-order valence-corrected chi connectivity index (χ1v) is 20.1. The minimum atomic E-state index is -0.792. The summed E-state index contributed by atoms with van der Waals surface area (Å²) in [5.41, 5.74) is 0. The summed E-state index contributed by atoms with van der Waals surface area (Å²) in [6.07, 6.45) is 42.6. The normalized spacial score (nSPS) is 12.5. The molecule has 6 nitrogen and oxygen atoms in total. The van der Waals surface area contributed by atoms with E-state index >= 15 is 0 Å². The summed E-state index contributed by atoms with van der Waals surface area (Å²) in [5, 5.41) is 0. The Hall–Kier alpha value is -2.63. The Morgan fingerprint density at radius 3 is 1.24 bits per heavy atom. The van der Waals surface area contributed by atoms with Gasteiger partial charge in [-0.2, -0.15) is 0 Å². The fourth-order valence-electron chi connectivity index (χ4n) is 5.34. The van der Waals surface area contributed by atoms with Gasteiger partial charge in [0.15, 0.2) is 6.10 Å². The van der Waals surface area contributed by atoms with Gasteiger partial charge < -0.3 is 14.2 Å². The minimum absolute atomic E-state index is 0.0935. The monoisotopic (exact) mass is 687 g/mol. The second-order valence-corrected chi connectivity index (χ2v) is 13.2. The average molecular weight is 687 g/mol. The lowest BCUT2D eigenvalue weighted by Crippen LogP contribution is -2.30. The fourth-order valence-corrected chi connectivity index (χ4v) is 5.34. The van der Waals surface area contributed by atoms with Gasteiger partial charge in [-0.05, 0) is 44.9 Å². The maximum Gasteiger partial charge on any atom is 0.306 e. The molecule has 282 valence electrons. The first kappa shape index (κ1) is 46.4. The van der Waals surface area contributed by atoms with Crippen molar-refractivity contribution in [3.8, 4) is 0 Å². The van der Waals surface area contributed by atoms with Gasteiger partial charge in [0.1, 0.15) is 13.2 Å². The van der Waals surface area contributed by atoms with Crippen LogP contribution in [0.5, 0.6) is 0 Å². The summed E-state index contributed by atoms with van der Waals surface area (Å²) >= 11 is 0. The molecule has 0 aromatic heterocycles. The van der Waals surface area contributed by atoms with Gasteiger partial charge >= 0.3 is 17.9 Å². The summed E-state index contributed by atoms with van der Waals surface area (Å²) in [4.78, 5) is 37.4. The number of unbranched alkanes of at least 4 members (excludes halogenated alkanes) is 16. The Kier molecular flexibility index (Phi) is 36.1. The molecule has 0 radical (unpaired) electrons.